The SMILES string of the molecule is N#Cc1nc2c(nc1C(F)(F)F)c1nc(C(F)(F)F)c(C(F)(F)F)nc1c1nc(C(F)(F)F)c(C(F)(F)F)nc21. The van der Waals surface area contributed by atoms with E-state index in [1.807, 2.05) is 0 Å². The molecule has 0 unspecified atom stereocenters. The topological polar surface area (TPSA) is 101 Å². The van der Waals surface area contributed by atoms with Crippen molar-refractivity contribution >= 4 is 33.1 Å². The molecule has 0 spiro atoms. The molecule has 0 radical (unpaired) electrons. The minimum absolute atomic E-state index is 0.843. The number of nitriles is 1. The van der Waals surface area contributed by atoms with Crippen LogP contribution in [0, 0.1) is 11.3 Å². The van der Waals surface area contributed by atoms with Gasteiger partial charge in [0.2, 0.25) is 0 Å². The van der Waals surface area contributed by atoms with E-state index >= 15 is 0 Å². The lowest BCUT2D eigenvalue weighted by molar-refractivity contribution is -0.167. The van der Waals surface area contributed by atoms with Crippen molar-refractivity contribution in [2.75, 3.05) is 0 Å². The van der Waals surface area contributed by atoms with Crippen molar-refractivity contribution < 1.29 is 65.9 Å². The van der Waals surface area contributed by atoms with E-state index < -0.39 is 98.1 Å². The maximum Gasteiger partial charge on any atom is 0.436 e. The molecule has 40 heavy (non-hydrogen) atoms. The number of fused-ring (bicyclic) bond motifs is 6. The van der Waals surface area contributed by atoms with Crippen LogP contribution in [-0.4, -0.2) is 29.9 Å². The summed E-state index contributed by atoms with van der Waals surface area (Å²) < 4.78 is 202. The highest BCUT2D eigenvalue weighted by molar-refractivity contribution is 6.18. The fraction of sp³-hybridized carbons (Fsp3) is 0.278. The number of alkyl halides is 15. The first kappa shape index (κ1) is 28.7. The summed E-state index contributed by atoms with van der Waals surface area (Å²) in [6.45, 7) is 0. The number of aromatic nitrogens is 6. The Morgan fingerprint density at radius 3 is 0.750 bits per heavy atom. The maximum absolute atomic E-state index is 13.5. The second-order valence-corrected chi connectivity index (χ2v) is 7.45. The summed E-state index contributed by atoms with van der Waals surface area (Å²) in [5.74, 6) is 0. The zero-order valence-electron chi connectivity index (χ0n) is 17.8. The molecule has 1 aromatic carbocycles. The average Bonchev–Trinajstić information content (AvgIpc) is 2.78. The maximum atomic E-state index is 13.5. The Morgan fingerprint density at radius 2 is 0.550 bits per heavy atom. The van der Waals surface area contributed by atoms with E-state index in [1.54, 1.807) is 0 Å². The summed E-state index contributed by atoms with van der Waals surface area (Å²) in [5.41, 5.74) is -25.5. The first-order chi connectivity index (χ1) is 18.0. The van der Waals surface area contributed by atoms with Crippen LogP contribution in [0.3, 0.4) is 0 Å². The van der Waals surface area contributed by atoms with E-state index in [9.17, 15) is 65.9 Å². The molecule has 0 saturated carbocycles. The van der Waals surface area contributed by atoms with E-state index in [2.05, 4.69) is 29.9 Å². The van der Waals surface area contributed by atoms with Gasteiger partial charge in [0.25, 0.3) is 0 Å². The van der Waals surface area contributed by atoms with Crippen molar-refractivity contribution in [1.82, 2.24) is 29.9 Å². The Balaban J connectivity index is 2.44. The number of hydrogen-bond acceptors (Lipinski definition) is 7. The van der Waals surface area contributed by atoms with Gasteiger partial charge >= 0.3 is 30.9 Å². The van der Waals surface area contributed by atoms with Gasteiger partial charge in [0.1, 0.15) is 39.2 Å². The molecule has 0 N–H and O–H groups in total. The molecule has 0 amide bonds. The van der Waals surface area contributed by atoms with E-state index in [0.717, 1.165) is 6.07 Å². The molecule has 0 fully saturated rings. The van der Waals surface area contributed by atoms with Gasteiger partial charge in [-0.25, -0.2) is 29.9 Å². The molecule has 0 bridgehead atoms. The van der Waals surface area contributed by atoms with Crippen LogP contribution >= 0.6 is 0 Å². The summed E-state index contributed by atoms with van der Waals surface area (Å²) in [4.78, 5) is 16.3. The van der Waals surface area contributed by atoms with Gasteiger partial charge in [-0.1, -0.05) is 0 Å². The minimum Gasteiger partial charge on any atom is -0.237 e. The van der Waals surface area contributed by atoms with Crippen LogP contribution in [0.15, 0.2) is 0 Å². The second kappa shape index (κ2) is 8.34. The lowest BCUT2D eigenvalue weighted by Crippen LogP contribution is -2.23. The fourth-order valence-electron chi connectivity index (χ4n) is 3.36. The van der Waals surface area contributed by atoms with Gasteiger partial charge < -0.3 is 0 Å². The van der Waals surface area contributed by atoms with Crippen LogP contribution in [0.4, 0.5) is 65.9 Å². The molecule has 3 aromatic heterocycles. The van der Waals surface area contributed by atoms with Crippen LogP contribution in [-0.2, 0) is 30.9 Å². The van der Waals surface area contributed by atoms with Gasteiger partial charge in [-0.3, -0.25) is 0 Å². The number of hydrogen-bond donors (Lipinski definition) is 0. The Labute approximate surface area is 206 Å². The zero-order valence-corrected chi connectivity index (χ0v) is 17.8. The molecule has 0 aliphatic rings. The largest absolute Gasteiger partial charge is 0.436 e. The van der Waals surface area contributed by atoms with Crippen molar-refractivity contribution in [3.8, 4) is 6.07 Å². The predicted octanol–water partition coefficient (Wildman–Crippen LogP) is 6.48. The van der Waals surface area contributed by atoms with E-state index in [1.165, 1.54) is 0 Å². The summed E-state index contributed by atoms with van der Waals surface area (Å²) in [6, 6.07) is 0.843. The molecule has 0 saturated heterocycles. The van der Waals surface area contributed by atoms with Gasteiger partial charge in [-0.15, -0.1) is 0 Å². The first-order valence-corrected chi connectivity index (χ1v) is 9.49. The van der Waals surface area contributed by atoms with Crippen LogP contribution in [0.2, 0.25) is 0 Å². The molecule has 212 valence electrons. The normalized spacial score (nSPS) is 13.8. The summed E-state index contributed by atoms with van der Waals surface area (Å²) in [7, 11) is 0. The third-order valence-corrected chi connectivity index (χ3v) is 4.81. The first-order valence-electron chi connectivity index (χ1n) is 9.49. The third-order valence-electron chi connectivity index (χ3n) is 4.81. The molecule has 4 aromatic rings. The van der Waals surface area contributed by atoms with Crippen molar-refractivity contribution in [2.24, 2.45) is 0 Å². The summed E-state index contributed by atoms with van der Waals surface area (Å²) >= 11 is 0. The molecular weight excluding hydrogens is 599 g/mol. The van der Waals surface area contributed by atoms with Gasteiger partial charge in [0, 0.05) is 0 Å². The molecule has 0 atom stereocenters. The highest BCUT2D eigenvalue weighted by Crippen LogP contribution is 2.44. The van der Waals surface area contributed by atoms with Gasteiger partial charge in [-0.05, 0) is 0 Å². The molecular formula is C18F15N7. The van der Waals surface area contributed by atoms with Gasteiger partial charge in [-0.2, -0.15) is 71.1 Å². The van der Waals surface area contributed by atoms with Crippen LogP contribution < -0.4 is 0 Å². The highest BCUT2D eigenvalue weighted by Gasteiger charge is 2.49. The molecule has 0 aliphatic carbocycles. The smallest absolute Gasteiger partial charge is 0.237 e. The Kier molecular flexibility index (Phi) is 5.98. The standard InChI is InChI=1S/C18F15N7/c19-14(20,21)9-2(1-34)35-3-4(36-9)6-8(40-13(18(31,32)33)12(38-6)17(28,29)30)7-5(3)37-10(15(22,23)24)11(39-7)16(25,26)27. The van der Waals surface area contributed by atoms with Crippen molar-refractivity contribution in [3.63, 3.8) is 0 Å². The number of rotatable bonds is 0. The van der Waals surface area contributed by atoms with E-state index in [4.69, 9.17) is 5.26 Å². The van der Waals surface area contributed by atoms with Crippen LogP contribution in [0.1, 0.15) is 34.2 Å². The van der Waals surface area contributed by atoms with Gasteiger partial charge in [0.05, 0.1) is 0 Å². The van der Waals surface area contributed by atoms with E-state index in [-0.39, 0.29) is 0 Å². The summed E-state index contributed by atoms with van der Waals surface area (Å²) in [6.07, 6.45) is -29.7. The molecule has 0 aliphatic heterocycles. The molecule has 4 rings (SSSR count). The van der Waals surface area contributed by atoms with Gasteiger partial charge in [0.15, 0.2) is 34.2 Å². The highest BCUT2D eigenvalue weighted by atomic mass is 19.4. The Morgan fingerprint density at radius 1 is 0.350 bits per heavy atom. The molecule has 22 heteroatoms. The molecule has 7 nitrogen and oxygen atoms in total. The Hall–Kier alpha value is -4.32. The lowest BCUT2D eigenvalue weighted by atomic mass is 10.1. The zero-order chi connectivity index (χ0) is 30.4. The number of halogens is 15. The monoisotopic (exact) mass is 599 g/mol. The quantitative estimate of drug-likeness (QED) is 0.169. The van der Waals surface area contributed by atoms with Crippen molar-refractivity contribution in [1.29, 1.82) is 5.26 Å². The number of benzene rings is 1. The van der Waals surface area contributed by atoms with Crippen LogP contribution in [0.5, 0.6) is 0 Å². The molecule has 3 heterocycles. The van der Waals surface area contributed by atoms with Crippen molar-refractivity contribution in [3.05, 3.63) is 34.2 Å². The Bertz CT molecular complexity index is 1690. The lowest BCUT2D eigenvalue weighted by Gasteiger charge is -2.18. The minimum atomic E-state index is -6.05. The number of nitrogens with zero attached hydrogens (tertiary/aromatic N) is 7. The predicted molar refractivity (Wildman–Crippen MR) is 95.5 cm³/mol. The third kappa shape index (κ3) is 4.68. The van der Waals surface area contributed by atoms with Crippen LogP contribution in [0.25, 0.3) is 33.1 Å². The van der Waals surface area contributed by atoms with Crippen molar-refractivity contribution in [2.45, 2.75) is 30.9 Å². The van der Waals surface area contributed by atoms with E-state index in [0.29, 0.717) is 0 Å². The average molecular weight is 599 g/mol. The fourth-order valence-corrected chi connectivity index (χ4v) is 3.36. The summed E-state index contributed by atoms with van der Waals surface area (Å²) in [5, 5.41) is 9.02. The second-order valence-electron chi connectivity index (χ2n) is 7.45.